The number of aryl methyl sites for hydroxylation is 2. The Morgan fingerprint density at radius 1 is 1.27 bits per heavy atom. The van der Waals surface area contributed by atoms with Crippen LogP contribution in [0.4, 0.5) is 0 Å². The van der Waals surface area contributed by atoms with Gasteiger partial charge in [0.2, 0.25) is 5.91 Å². The molecule has 22 heavy (non-hydrogen) atoms. The van der Waals surface area contributed by atoms with Gasteiger partial charge >= 0.3 is 0 Å². The SMILES string of the molecule is Cc1cc(C)nc(SCC(=O)NCCC2CC3CCC2C3)n1. The molecule has 2 aliphatic rings. The van der Waals surface area contributed by atoms with E-state index in [0.717, 1.165) is 42.1 Å². The molecule has 0 saturated heterocycles. The Balaban J connectivity index is 1.36. The largest absolute Gasteiger partial charge is 0.355 e. The maximum atomic E-state index is 11.9. The van der Waals surface area contributed by atoms with Crippen molar-refractivity contribution in [2.45, 2.75) is 51.1 Å². The Hall–Kier alpha value is -1.10. The summed E-state index contributed by atoms with van der Waals surface area (Å²) in [6.07, 6.45) is 6.85. The highest BCUT2D eigenvalue weighted by atomic mass is 32.2. The van der Waals surface area contributed by atoms with E-state index in [1.807, 2.05) is 19.9 Å². The van der Waals surface area contributed by atoms with Gasteiger partial charge in [-0.2, -0.15) is 0 Å². The molecule has 1 heterocycles. The number of hydrogen-bond donors (Lipinski definition) is 1. The van der Waals surface area contributed by atoms with Gasteiger partial charge in [-0.25, -0.2) is 9.97 Å². The molecule has 0 aromatic carbocycles. The summed E-state index contributed by atoms with van der Waals surface area (Å²) in [5.74, 6) is 3.29. The molecule has 0 spiro atoms. The molecule has 2 bridgehead atoms. The number of carbonyl (C=O) groups excluding carboxylic acids is 1. The summed E-state index contributed by atoms with van der Waals surface area (Å²) in [6.45, 7) is 4.73. The maximum absolute atomic E-state index is 11.9. The van der Waals surface area contributed by atoms with Crippen molar-refractivity contribution in [2.75, 3.05) is 12.3 Å². The van der Waals surface area contributed by atoms with Gasteiger partial charge in [0.25, 0.3) is 0 Å². The number of hydrogen-bond acceptors (Lipinski definition) is 4. The zero-order valence-corrected chi connectivity index (χ0v) is 14.3. The highest BCUT2D eigenvalue weighted by Crippen LogP contribution is 2.49. The first kappa shape index (κ1) is 15.8. The van der Waals surface area contributed by atoms with Crippen molar-refractivity contribution >= 4 is 17.7 Å². The Labute approximate surface area is 136 Å². The van der Waals surface area contributed by atoms with Crippen LogP contribution in [0.5, 0.6) is 0 Å². The minimum absolute atomic E-state index is 0.0934. The van der Waals surface area contributed by atoms with Crippen molar-refractivity contribution in [3.63, 3.8) is 0 Å². The quantitative estimate of drug-likeness (QED) is 0.646. The first-order chi connectivity index (χ1) is 10.6. The Morgan fingerprint density at radius 2 is 2.05 bits per heavy atom. The molecule has 1 N–H and O–H groups in total. The lowest BCUT2D eigenvalue weighted by Crippen LogP contribution is -2.28. The molecule has 120 valence electrons. The van der Waals surface area contributed by atoms with Gasteiger partial charge in [0, 0.05) is 17.9 Å². The number of carbonyl (C=O) groups is 1. The number of aromatic nitrogens is 2. The second-order valence-corrected chi connectivity index (χ2v) is 7.74. The van der Waals surface area contributed by atoms with Crippen LogP contribution in [-0.2, 0) is 4.79 Å². The number of thioether (sulfide) groups is 1. The number of nitrogens with zero attached hydrogens (tertiary/aromatic N) is 2. The van der Waals surface area contributed by atoms with Crippen molar-refractivity contribution in [3.8, 4) is 0 Å². The lowest BCUT2D eigenvalue weighted by Gasteiger charge is -2.21. The second kappa shape index (κ2) is 6.99. The molecule has 3 unspecified atom stereocenters. The van der Waals surface area contributed by atoms with E-state index in [2.05, 4.69) is 15.3 Å². The fourth-order valence-corrected chi connectivity index (χ4v) is 4.85. The molecule has 0 radical (unpaired) electrons. The highest BCUT2D eigenvalue weighted by molar-refractivity contribution is 7.99. The lowest BCUT2D eigenvalue weighted by atomic mass is 9.86. The third kappa shape index (κ3) is 4.00. The van der Waals surface area contributed by atoms with E-state index < -0.39 is 0 Å². The minimum Gasteiger partial charge on any atom is -0.355 e. The minimum atomic E-state index is 0.0934. The standard InChI is InChI=1S/C17H25N3OS/c1-11-7-12(2)20-17(19-11)22-10-16(21)18-6-5-15-9-13-3-4-14(15)8-13/h7,13-15H,3-6,8-10H2,1-2H3,(H,18,21). The van der Waals surface area contributed by atoms with E-state index in [0.29, 0.717) is 10.9 Å². The summed E-state index contributed by atoms with van der Waals surface area (Å²) in [5, 5.41) is 3.75. The molecule has 4 nitrogen and oxygen atoms in total. The van der Waals surface area contributed by atoms with Gasteiger partial charge in [-0.15, -0.1) is 0 Å². The third-order valence-electron chi connectivity index (χ3n) is 5.02. The van der Waals surface area contributed by atoms with Gasteiger partial charge in [0.15, 0.2) is 5.16 Å². The van der Waals surface area contributed by atoms with Gasteiger partial charge in [-0.1, -0.05) is 18.2 Å². The van der Waals surface area contributed by atoms with Gasteiger partial charge in [0.05, 0.1) is 5.75 Å². The van der Waals surface area contributed by atoms with Gasteiger partial charge < -0.3 is 5.32 Å². The van der Waals surface area contributed by atoms with Crippen LogP contribution in [0.25, 0.3) is 0 Å². The first-order valence-corrected chi connectivity index (χ1v) is 9.30. The topological polar surface area (TPSA) is 54.9 Å². The number of amides is 1. The van der Waals surface area contributed by atoms with E-state index in [1.165, 1.54) is 37.4 Å². The Kier molecular flexibility index (Phi) is 5.01. The van der Waals surface area contributed by atoms with E-state index in [9.17, 15) is 4.79 Å². The smallest absolute Gasteiger partial charge is 0.230 e. The highest BCUT2D eigenvalue weighted by Gasteiger charge is 2.38. The van der Waals surface area contributed by atoms with Crippen LogP contribution in [0.2, 0.25) is 0 Å². The number of fused-ring (bicyclic) bond motifs is 2. The number of rotatable bonds is 6. The van der Waals surface area contributed by atoms with Gasteiger partial charge in [-0.3, -0.25) is 4.79 Å². The summed E-state index contributed by atoms with van der Waals surface area (Å²) in [7, 11) is 0. The van der Waals surface area contributed by atoms with E-state index in [4.69, 9.17) is 0 Å². The van der Waals surface area contributed by atoms with Crippen molar-refractivity contribution in [3.05, 3.63) is 17.5 Å². The third-order valence-corrected chi connectivity index (χ3v) is 5.86. The summed E-state index contributed by atoms with van der Waals surface area (Å²) >= 11 is 1.42. The fraction of sp³-hybridized carbons (Fsp3) is 0.706. The van der Waals surface area contributed by atoms with Crippen LogP contribution in [0.15, 0.2) is 11.2 Å². The van der Waals surface area contributed by atoms with Crippen molar-refractivity contribution in [1.29, 1.82) is 0 Å². The van der Waals surface area contributed by atoms with Crippen molar-refractivity contribution in [2.24, 2.45) is 17.8 Å². The summed E-state index contributed by atoms with van der Waals surface area (Å²) in [5.41, 5.74) is 1.90. The molecule has 2 fully saturated rings. The predicted octanol–water partition coefficient (Wildman–Crippen LogP) is 3.13. The van der Waals surface area contributed by atoms with E-state index in [-0.39, 0.29) is 5.91 Å². The fourth-order valence-electron chi connectivity index (χ4n) is 4.07. The molecule has 3 rings (SSSR count). The summed E-state index contributed by atoms with van der Waals surface area (Å²) in [6, 6.07) is 1.94. The van der Waals surface area contributed by atoms with E-state index >= 15 is 0 Å². The molecule has 2 aliphatic carbocycles. The van der Waals surface area contributed by atoms with Gasteiger partial charge in [-0.05, 0) is 63.4 Å². The average molecular weight is 319 g/mol. The molecular weight excluding hydrogens is 294 g/mol. The lowest BCUT2D eigenvalue weighted by molar-refractivity contribution is -0.118. The molecule has 0 aliphatic heterocycles. The molecule has 5 heteroatoms. The molecular formula is C17H25N3OS. The Bertz CT molecular complexity index is 528. The maximum Gasteiger partial charge on any atom is 0.230 e. The van der Waals surface area contributed by atoms with Crippen molar-refractivity contribution in [1.82, 2.24) is 15.3 Å². The normalized spacial score (nSPS) is 26.4. The van der Waals surface area contributed by atoms with Crippen LogP contribution in [0.3, 0.4) is 0 Å². The summed E-state index contributed by atoms with van der Waals surface area (Å²) < 4.78 is 0. The molecule has 1 aromatic rings. The summed E-state index contributed by atoms with van der Waals surface area (Å²) in [4.78, 5) is 20.6. The Morgan fingerprint density at radius 3 is 2.68 bits per heavy atom. The van der Waals surface area contributed by atoms with Crippen LogP contribution in [-0.4, -0.2) is 28.2 Å². The second-order valence-electron chi connectivity index (χ2n) is 6.80. The van der Waals surface area contributed by atoms with Crippen LogP contribution in [0.1, 0.15) is 43.5 Å². The molecule has 1 amide bonds. The monoisotopic (exact) mass is 319 g/mol. The number of nitrogens with one attached hydrogen (secondary N) is 1. The van der Waals surface area contributed by atoms with Crippen LogP contribution < -0.4 is 5.32 Å². The zero-order valence-electron chi connectivity index (χ0n) is 13.5. The van der Waals surface area contributed by atoms with E-state index in [1.54, 1.807) is 0 Å². The van der Waals surface area contributed by atoms with Crippen LogP contribution >= 0.6 is 11.8 Å². The predicted molar refractivity (Wildman–Crippen MR) is 88.8 cm³/mol. The van der Waals surface area contributed by atoms with Gasteiger partial charge in [0.1, 0.15) is 0 Å². The van der Waals surface area contributed by atoms with Crippen molar-refractivity contribution < 1.29 is 4.79 Å². The van der Waals surface area contributed by atoms with Crippen LogP contribution in [0, 0.1) is 31.6 Å². The molecule has 3 atom stereocenters. The molecule has 2 saturated carbocycles. The zero-order chi connectivity index (χ0) is 15.5. The average Bonchev–Trinajstić information content (AvgIpc) is 3.07. The molecule has 1 aromatic heterocycles. The first-order valence-electron chi connectivity index (χ1n) is 8.32.